The zero-order chi connectivity index (χ0) is 21.8. The van der Waals surface area contributed by atoms with Gasteiger partial charge in [0.2, 0.25) is 0 Å². The van der Waals surface area contributed by atoms with E-state index in [2.05, 4.69) is 13.8 Å². The number of carboxylic acid groups (broad SMARTS) is 1. The van der Waals surface area contributed by atoms with Crippen molar-refractivity contribution in [3.63, 3.8) is 0 Å². The number of hydrogen-bond donors (Lipinski definition) is 2. The molecule has 0 saturated heterocycles. The molecule has 0 bridgehead atoms. The first-order valence-corrected chi connectivity index (χ1v) is 9.60. The van der Waals surface area contributed by atoms with Crippen LogP contribution in [0.15, 0.2) is 42.0 Å². The fourth-order valence-electron chi connectivity index (χ4n) is 4.10. The van der Waals surface area contributed by atoms with Gasteiger partial charge in [-0.05, 0) is 47.6 Å². The summed E-state index contributed by atoms with van der Waals surface area (Å²) in [7, 11) is 1.68. The summed E-state index contributed by atoms with van der Waals surface area (Å²) >= 11 is 0. The van der Waals surface area contributed by atoms with Crippen molar-refractivity contribution in [1.82, 2.24) is 0 Å². The molecule has 0 amide bonds. The van der Waals surface area contributed by atoms with Crippen LogP contribution in [0.2, 0.25) is 0 Å². The molecular weight excluding hydrogens is 375 g/mol. The fraction of sp³-hybridized carbons (Fsp3) is 0.478. The molecule has 0 radical (unpaired) electrons. The molecule has 0 saturated carbocycles. The van der Waals surface area contributed by atoms with E-state index in [0.29, 0.717) is 6.42 Å². The Balaban J connectivity index is 2.40. The summed E-state index contributed by atoms with van der Waals surface area (Å²) < 4.78 is 19.2. The van der Waals surface area contributed by atoms with Gasteiger partial charge in [-0.15, -0.1) is 0 Å². The summed E-state index contributed by atoms with van der Waals surface area (Å²) in [6.07, 6.45) is 2.75. The van der Waals surface area contributed by atoms with E-state index in [9.17, 15) is 19.1 Å². The molecule has 1 aromatic rings. The third-order valence-corrected chi connectivity index (χ3v) is 5.38. The average Bonchev–Trinajstić information content (AvgIpc) is 2.59. The number of hydrogen-bond acceptors (Lipinski definition) is 4. The first-order chi connectivity index (χ1) is 13.5. The molecule has 1 aromatic carbocycles. The maximum atomic E-state index is 13.4. The maximum absolute atomic E-state index is 13.4. The minimum Gasteiger partial charge on any atom is -0.481 e. The zero-order valence-electron chi connectivity index (χ0n) is 17.4. The van der Waals surface area contributed by atoms with Crippen molar-refractivity contribution in [2.75, 3.05) is 7.11 Å². The number of benzene rings is 1. The zero-order valence-corrected chi connectivity index (χ0v) is 17.4. The van der Waals surface area contributed by atoms with Crippen molar-refractivity contribution in [3.05, 3.63) is 53.4 Å². The lowest BCUT2D eigenvalue weighted by Crippen LogP contribution is -2.39. The Hall–Kier alpha value is -2.31. The molecule has 2 N–H and O–H groups in total. The number of aliphatic hydroxyl groups excluding tert-OH is 1. The van der Waals surface area contributed by atoms with E-state index >= 15 is 0 Å². The van der Waals surface area contributed by atoms with E-state index < -0.39 is 24.3 Å². The minimum atomic E-state index is -1.21. The molecule has 1 aliphatic rings. The molecule has 0 spiro atoms. The van der Waals surface area contributed by atoms with Crippen molar-refractivity contribution in [2.45, 2.75) is 58.2 Å². The summed E-state index contributed by atoms with van der Waals surface area (Å²) in [5.41, 5.74) is 2.15. The van der Waals surface area contributed by atoms with E-state index in [1.165, 1.54) is 18.2 Å². The highest BCUT2D eigenvalue weighted by atomic mass is 19.1. The molecule has 6 heteroatoms. The topological polar surface area (TPSA) is 83.8 Å². The van der Waals surface area contributed by atoms with Gasteiger partial charge < -0.3 is 14.9 Å². The van der Waals surface area contributed by atoms with Crippen LogP contribution in [0.3, 0.4) is 0 Å². The molecule has 158 valence electrons. The van der Waals surface area contributed by atoms with Crippen LogP contribution < -0.4 is 0 Å². The summed E-state index contributed by atoms with van der Waals surface area (Å²) in [5, 5.41) is 18.9. The second-order valence-corrected chi connectivity index (χ2v) is 8.53. The number of carbonyl (C=O) groups excluding carboxylic acids is 1. The molecule has 0 heterocycles. The van der Waals surface area contributed by atoms with Crippen LogP contribution in [0.25, 0.3) is 5.57 Å². The van der Waals surface area contributed by atoms with Crippen LogP contribution in [0.1, 0.15) is 52.0 Å². The number of carbonyl (C=O) groups is 2. The Labute approximate surface area is 170 Å². The number of Topliss-reactive ketones (excluding diaryl/α,β-unsaturated/α-hetero) is 1. The van der Waals surface area contributed by atoms with Gasteiger partial charge in [0.05, 0.1) is 11.7 Å². The Morgan fingerprint density at radius 1 is 1.24 bits per heavy atom. The number of allylic oxidation sites excluding steroid dienone is 2. The quantitative estimate of drug-likeness (QED) is 0.636. The molecule has 0 aromatic heterocycles. The van der Waals surface area contributed by atoms with Crippen LogP contribution in [0, 0.1) is 11.2 Å². The van der Waals surface area contributed by atoms with Crippen LogP contribution in [-0.4, -0.2) is 40.8 Å². The number of aliphatic hydroxyl groups is 1. The first-order valence-electron chi connectivity index (χ1n) is 9.60. The summed E-state index contributed by atoms with van der Waals surface area (Å²) in [6.45, 7) is 6.20. The molecular formula is C23H29FO5. The third kappa shape index (κ3) is 6.08. The van der Waals surface area contributed by atoms with Crippen molar-refractivity contribution in [1.29, 1.82) is 0 Å². The van der Waals surface area contributed by atoms with Crippen molar-refractivity contribution >= 4 is 17.3 Å². The average molecular weight is 404 g/mol. The molecule has 0 fully saturated rings. The highest BCUT2D eigenvalue weighted by Crippen LogP contribution is 2.49. The van der Waals surface area contributed by atoms with Crippen molar-refractivity contribution < 1.29 is 28.9 Å². The number of ether oxygens (including phenoxy) is 1. The predicted molar refractivity (Wildman–Crippen MR) is 109 cm³/mol. The fourth-order valence-corrected chi connectivity index (χ4v) is 4.10. The predicted octanol–water partition coefficient (Wildman–Crippen LogP) is 4.16. The second-order valence-electron chi connectivity index (χ2n) is 8.53. The molecule has 5 nitrogen and oxygen atoms in total. The number of aliphatic carboxylic acids is 1. The van der Waals surface area contributed by atoms with Crippen LogP contribution in [-0.2, 0) is 14.3 Å². The lowest BCUT2D eigenvalue weighted by Gasteiger charge is -2.44. The Kier molecular flexibility index (Phi) is 7.14. The molecule has 2 unspecified atom stereocenters. The van der Waals surface area contributed by atoms with E-state index in [4.69, 9.17) is 9.84 Å². The molecule has 29 heavy (non-hydrogen) atoms. The monoisotopic (exact) mass is 404 g/mol. The lowest BCUT2D eigenvalue weighted by molar-refractivity contribution is -0.140. The number of rotatable bonds is 8. The molecule has 2 rings (SSSR count). The summed E-state index contributed by atoms with van der Waals surface area (Å²) in [4.78, 5) is 22.3. The molecule has 0 aliphatic heterocycles. The summed E-state index contributed by atoms with van der Waals surface area (Å²) in [6, 6.07) is 6.27. The van der Waals surface area contributed by atoms with Gasteiger partial charge in [-0.1, -0.05) is 38.1 Å². The standard InChI is InChI=1S/C23H29FO5/c1-22(2)14-23(3,29-4)13-19(15-5-7-16(24)8-6-15)20(22)10-9-17(25)11-18(26)12-21(27)28/h5-10,17,25H,11-14H2,1-4H3,(H,27,28)/b10-9+. The van der Waals surface area contributed by atoms with Gasteiger partial charge in [0, 0.05) is 20.0 Å². The highest BCUT2D eigenvalue weighted by molar-refractivity contribution is 5.95. The van der Waals surface area contributed by atoms with Gasteiger partial charge in [-0.3, -0.25) is 9.59 Å². The SMILES string of the molecule is COC1(C)CC(c2ccc(F)cc2)=C(/C=C/C(O)CC(=O)CC(=O)O)C(C)(C)C1. The van der Waals surface area contributed by atoms with Gasteiger partial charge in [-0.2, -0.15) is 0 Å². The largest absolute Gasteiger partial charge is 0.481 e. The lowest BCUT2D eigenvalue weighted by atomic mass is 9.65. The smallest absolute Gasteiger partial charge is 0.310 e. The first kappa shape index (κ1) is 23.0. The number of halogens is 1. The maximum Gasteiger partial charge on any atom is 0.310 e. The van der Waals surface area contributed by atoms with E-state index in [1.54, 1.807) is 25.3 Å². The van der Waals surface area contributed by atoms with Crippen molar-refractivity contribution in [3.8, 4) is 0 Å². The highest BCUT2D eigenvalue weighted by Gasteiger charge is 2.41. The molecule has 2 atom stereocenters. The number of methoxy groups -OCH3 is 1. The number of ketones is 1. The van der Waals surface area contributed by atoms with E-state index in [1.807, 2.05) is 6.92 Å². The van der Waals surface area contributed by atoms with Gasteiger partial charge in [0.15, 0.2) is 0 Å². The molecule has 1 aliphatic carbocycles. The summed E-state index contributed by atoms with van der Waals surface area (Å²) in [5.74, 6) is -2.06. The van der Waals surface area contributed by atoms with Crippen molar-refractivity contribution in [2.24, 2.45) is 5.41 Å². The minimum absolute atomic E-state index is 0.252. The third-order valence-electron chi connectivity index (χ3n) is 5.38. The Bertz CT molecular complexity index is 822. The van der Waals surface area contributed by atoms with Crippen LogP contribution >= 0.6 is 0 Å². The number of carboxylic acids is 1. The van der Waals surface area contributed by atoms with Crippen LogP contribution in [0.5, 0.6) is 0 Å². The van der Waals surface area contributed by atoms with E-state index in [-0.39, 0.29) is 23.3 Å². The van der Waals surface area contributed by atoms with E-state index in [0.717, 1.165) is 23.1 Å². The van der Waals surface area contributed by atoms with Crippen LogP contribution in [0.4, 0.5) is 4.39 Å². The second kappa shape index (κ2) is 9.01. The van der Waals surface area contributed by atoms with Gasteiger partial charge in [0.1, 0.15) is 18.0 Å². The van der Waals surface area contributed by atoms with Gasteiger partial charge in [-0.25, -0.2) is 4.39 Å². The van der Waals surface area contributed by atoms with Gasteiger partial charge in [0.25, 0.3) is 0 Å². The Morgan fingerprint density at radius 2 is 1.86 bits per heavy atom. The Morgan fingerprint density at radius 3 is 2.41 bits per heavy atom. The normalized spacial score (nSPS) is 22.7. The van der Waals surface area contributed by atoms with Gasteiger partial charge >= 0.3 is 5.97 Å².